The molecule has 1 amide bonds. The Morgan fingerprint density at radius 3 is 3.05 bits per heavy atom. The topological polar surface area (TPSA) is 68.2 Å². The number of nitrogens with one attached hydrogen (secondary N) is 2. The lowest BCUT2D eigenvalue weighted by molar-refractivity contribution is -0.126. The van der Waals surface area contributed by atoms with Crippen LogP contribution >= 0.6 is 0 Å². The average molecular weight is 292 g/mol. The van der Waals surface area contributed by atoms with Gasteiger partial charge in [0.2, 0.25) is 5.91 Å². The van der Waals surface area contributed by atoms with Crippen molar-refractivity contribution in [1.82, 2.24) is 20.2 Å². The van der Waals surface area contributed by atoms with Crippen LogP contribution < -0.4 is 10.6 Å². The molecule has 2 heterocycles. The molecule has 0 radical (unpaired) electrons. The minimum atomic E-state index is -0.0750. The summed E-state index contributed by atoms with van der Waals surface area (Å²) in [4.78, 5) is 16.7. The highest BCUT2D eigenvalue weighted by Gasteiger charge is 2.37. The van der Waals surface area contributed by atoms with Gasteiger partial charge >= 0.3 is 0 Å². The first-order valence-electron chi connectivity index (χ1n) is 7.88. The zero-order valence-corrected chi connectivity index (χ0v) is 12.5. The number of ether oxygens (including phenoxy) is 1. The molecule has 2 aliphatic rings. The molecule has 1 aliphatic heterocycles. The van der Waals surface area contributed by atoms with Gasteiger partial charge in [0.25, 0.3) is 0 Å². The van der Waals surface area contributed by atoms with Gasteiger partial charge in [-0.2, -0.15) is 0 Å². The van der Waals surface area contributed by atoms with E-state index in [0.717, 1.165) is 25.8 Å². The van der Waals surface area contributed by atoms with E-state index in [1.807, 2.05) is 12.5 Å². The summed E-state index contributed by atoms with van der Waals surface area (Å²) in [6, 6.07) is 0.675. The summed E-state index contributed by atoms with van der Waals surface area (Å²) in [5.74, 6) is 0.0458. The van der Waals surface area contributed by atoms with Crippen molar-refractivity contribution in [2.75, 3.05) is 19.8 Å². The third-order valence-electron chi connectivity index (χ3n) is 4.60. The lowest BCUT2D eigenvalue weighted by Gasteiger charge is -2.25. The fourth-order valence-electron chi connectivity index (χ4n) is 3.50. The fourth-order valence-corrected chi connectivity index (χ4v) is 3.50. The highest BCUT2D eigenvalue weighted by molar-refractivity contribution is 5.80. The van der Waals surface area contributed by atoms with E-state index in [-0.39, 0.29) is 23.9 Å². The van der Waals surface area contributed by atoms with Crippen molar-refractivity contribution in [3.63, 3.8) is 0 Å². The predicted molar refractivity (Wildman–Crippen MR) is 78.8 cm³/mol. The standard InChI is InChI=1S/C15H24N4O2/c1-2-17-13-9-21-8-11(13)15(20)18-12-4-3-5-14(12)19-7-6-16-10-19/h6-7,10-14,17H,2-5,8-9H2,1H3,(H,18,20). The summed E-state index contributed by atoms with van der Waals surface area (Å²) in [5, 5.41) is 6.58. The molecule has 1 aromatic heterocycles. The summed E-state index contributed by atoms with van der Waals surface area (Å²) in [7, 11) is 0. The first-order chi connectivity index (χ1) is 10.3. The molecule has 6 heteroatoms. The Bertz CT molecular complexity index is 462. The molecule has 0 bridgehead atoms. The second-order valence-corrected chi connectivity index (χ2v) is 5.93. The molecule has 2 N–H and O–H groups in total. The highest BCUT2D eigenvalue weighted by atomic mass is 16.5. The van der Waals surface area contributed by atoms with Crippen molar-refractivity contribution in [2.45, 2.75) is 44.3 Å². The largest absolute Gasteiger partial charge is 0.379 e. The van der Waals surface area contributed by atoms with Crippen LogP contribution in [0.5, 0.6) is 0 Å². The number of hydrogen-bond acceptors (Lipinski definition) is 4. The zero-order valence-electron chi connectivity index (χ0n) is 12.5. The fraction of sp³-hybridized carbons (Fsp3) is 0.733. The number of amides is 1. The van der Waals surface area contributed by atoms with Gasteiger partial charge < -0.3 is 19.9 Å². The average Bonchev–Trinajstić information content (AvgIpc) is 3.19. The Morgan fingerprint density at radius 1 is 1.38 bits per heavy atom. The van der Waals surface area contributed by atoms with Gasteiger partial charge in [-0.1, -0.05) is 6.92 Å². The van der Waals surface area contributed by atoms with Crippen molar-refractivity contribution in [3.8, 4) is 0 Å². The van der Waals surface area contributed by atoms with E-state index in [0.29, 0.717) is 19.3 Å². The van der Waals surface area contributed by atoms with E-state index in [1.165, 1.54) is 0 Å². The van der Waals surface area contributed by atoms with Crippen molar-refractivity contribution in [3.05, 3.63) is 18.7 Å². The molecule has 4 atom stereocenters. The number of carbonyl (C=O) groups excluding carboxylic acids is 1. The Balaban J connectivity index is 1.61. The van der Waals surface area contributed by atoms with Crippen LogP contribution in [0.1, 0.15) is 32.2 Å². The third kappa shape index (κ3) is 3.11. The molecule has 0 spiro atoms. The summed E-state index contributed by atoms with van der Waals surface area (Å²) >= 11 is 0. The molecule has 116 valence electrons. The van der Waals surface area contributed by atoms with Crippen molar-refractivity contribution < 1.29 is 9.53 Å². The zero-order chi connectivity index (χ0) is 14.7. The molecule has 1 saturated heterocycles. The normalized spacial score (nSPS) is 32.4. The maximum atomic E-state index is 12.5. The molecule has 1 saturated carbocycles. The van der Waals surface area contributed by atoms with Crippen LogP contribution in [0, 0.1) is 5.92 Å². The van der Waals surface area contributed by atoms with E-state index in [9.17, 15) is 4.79 Å². The molecule has 21 heavy (non-hydrogen) atoms. The Hall–Kier alpha value is -1.40. The summed E-state index contributed by atoms with van der Waals surface area (Å²) in [6.07, 6.45) is 8.90. The van der Waals surface area contributed by atoms with Gasteiger partial charge in [-0.3, -0.25) is 4.79 Å². The smallest absolute Gasteiger partial charge is 0.227 e. The van der Waals surface area contributed by atoms with E-state index >= 15 is 0 Å². The van der Waals surface area contributed by atoms with Crippen molar-refractivity contribution >= 4 is 5.91 Å². The monoisotopic (exact) mass is 292 g/mol. The van der Waals surface area contributed by atoms with Crippen LogP contribution in [0.3, 0.4) is 0 Å². The van der Waals surface area contributed by atoms with Crippen LogP contribution in [0.2, 0.25) is 0 Å². The van der Waals surface area contributed by atoms with Crippen LogP contribution in [-0.2, 0) is 9.53 Å². The molecule has 1 aromatic rings. The molecule has 3 rings (SSSR count). The number of hydrogen-bond donors (Lipinski definition) is 2. The predicted octanol–water partition coefficient (Wildman–Crippen LogP) is 0.717. The van der Waals surface area contributed by atoms with Gasteiger partial charge in [0.15, 0.2) is 0 Å². The molecule has 6 nitrogen and oxygen atoms in total. The van der Waals surface area contributed by atoms with E-state index in [2.05, 4.69) is 27.1 Å². The second-order valence-electron chi connectivity index (χ2n) is 5.93. The molecular weight excluding hydrogens is 268 g/mol. The Kier molecular flexibility index (Phi) is 4.55. The third-order valence-corrected chi connectivity index (χ3v) is 4.60. The van der Waals surface area contributed by atoms with E-state index in [4.69, 9.17) is 4.74 Å². The number of nitrogens with zero attached hydrogens (tertiary/aromatic N) is 2. The maximum Gasteiger partial charge on any atom is 0.227 e. The van der Waals surface area contributed by atoms with Crippen LogP contribution in [0.15, 0.2) is 18.7 Å². The molecule has 0 aromatic carbocycles. The van der Waals surface area contributed by atoms with E-state index < -0.39 is 0 Å². The van der Waals surface area contributed by atoms with Gasteiger partial charge in [0.05, 0.1) is 31.5 Å². The second kappa shape index (κ2) is 6.58. The lowest BCUT2D eigenvalue weighted by atomic mass is 10.0. The first kappa shape index (κ1) is 14.5. The number of imidazole rings is 1. The van der Waals surface area contributed by atoms with Gasteiger partial charge in [0, 0.05) is 24.5 Å². The van der Waals surface area contributed by atoms with Gasteiger partial charge in [0.1, 0.15) is 0 Å². The van der Waals surface area contributed by atoms with Crippen LogP contribution in [-0.4, -0.2) is 47.3 Å². The van der Waals surface area contributed by atoms with Gasteiger partial charge in [-0.05, 0) is 25.8 Å². The summed E-state index contributed by atoms with van der Waals surface area (Å²) < 4.78 is 7.58. The Morgan fingerprint density at radius 2 is 2.29 bits per heavy atom. The minimum Gasteiger partial charge on any atom is -0.379 e. The minimum absolute atomic E-state index is 0.0750. The van der Waals surface area contributed by atoms with Gasteiger partial charge in [-0.15, -0.1) is 0 Å². The van der Waals surface area contributed by atoms with Crippen molar-refractivity contribution in [2.24, 2.45) is 5.92 Å². The number of likely N-dealkylation sites (N-methyl/N-ethyl adjacent to an activating group) is 1. The number of aromatic nitrogens is 2. The first-order valence-corrected chi connectivity index (χ1v) is 7.88. The van der Waals surface area contributed by atoms with Crippen molar-refractivity contribution in [1.29, 1.82) is 0 Å². The highest BCUT2D eigenvalue weighted by Crippen LogP contribution is 2.30. The number of carbonyl (C=O) groups is 1. The molecule has 4 unspecified atom stereocenters. The van der Waals surface area contributed by atoms with Gasteiger partial charge in [-0.25, -0.2) is 4.98 Å². The Labute approximate surface area is 125 Å². The molecular formula is C15H24N4O2. The SMILES string of the molecule is CCNC1COCC1C(=O)NC1CCCC1n1ccnc1. The molecule has 1 aliphatic carbocycles. The summed E-state index contributed by atoms with van der Waals surface area (Å²) in [5.41, 5.74) is 0. The summed E-state index contributed by atoms with van der Waals surface area (Å²) in [6.45, 7) is 4.06. The quantitative estimate of drug-likeness (QED) is 0.839. The lowest BCUT2D eigenvalue weighted by Crippen LogP contribution is -2.47. The number of rotatable bonds is 5. The van der Waals surface area contributed by atoms with Crippen LogP contribution in [0.4, 0.5) is 0 Å². The molecule has 2 fully saturated rings. The maximum absolute atomic E-state index is 12.5. The van der Waals surface area contributed by atoms with Crippen LogP contribution in [0.25, 0.3) is 0 Å². The van der Waals surface area contributed by atoms with E-state index in [1.54, 1.807) is 6.20 Å².